The predicted octanol–water partition coefficient (Wildman–Crippen LogP) is 4.06. The number of hydrogen-bond donors (Lipinski definition) is 1. The Kier molecular flexibility index (Phi) is 5.96. The molecule has 0 unspecified atom stereocenters. The molecular formula is C20H32N2O. The fraction of sp³-hybridized carbons (Fsp3) is 0.700. The van der Waals surface area contributed by atoms with Gasteiger partial charge in [0.2, 0.25) is 0 Å². The van der Waals surface area contributed by atoms with Gasteiger partial charge in [0.05, 0.1) is 6.61 Å². The molecule has 0 aromatic heterocycles. The molecular weight excluding hydrogens is 284 g/mol. The van der Waals surface area contributed by atoms with Crippen LogP contribution in [0.5, 0.6) is 5.75 Å². The summed E-state index contributed by atoms with van der Waals surface area (Å²) < 4.78 is 5.90. The molecule has 0 atom stereocenters. The van der Waals surface area contributed by atoms with Crippen molar-refractivity contribution in [3.63, 3.8) is 0 Å². The molecule has 3 heteroatoms. The van der Waals surface area contributed by atoms with Gasteiger partial charge >= 0.3 is 0 Å². The Balaban J connectivity index is 1.42. The van der Waals surface area contributed by atoms with E-state index in [1.54, 1.807) is 0 Å². The average Bonchev–Trinajstić information content (AvgIpc) is 2.61. The minimum atomic E-state index is -0.106. The van der Waals surface area contributed by atoms with E-state index in [1.165, 1.54) is 63.7 Å². The van der Waals surface area contributed by atoms with Crippen LogP contribution in [-0.2, 0) is 5.54 Å². The first-order valence-corrected chi connectivity index (χ1v) is 9.51. The summed E-state index contributed by atoms with van der Waals surface area (Å²) in [7, 11) is 0. The number of piperidine rings is 1. The van der Waals surface area contributed by atoms with Crippen molar-refractivity contribution in [3.05, 3.63) is 29.8 Å². The highest BCUT2D eigenvalue weighted by atomic mass is 16.5. The number of benzene rings is 1. The zero-order valence-corrected chi connectivity index (χ0v) is 14.4. The molecule has 1 aliphatic heterocycles. The second-order valence-electron chi connectivity index (χ2n) is 7.35. The van der Waals surface area contributed by atoms with E-state index in [2.05, 4.69) is 29.2 Å². The molecule has 1 saturated heterocycles. The summed E-state index contributed by atoms with van der Waals surface area (Å²) in [5.41, 5.74) is 7.76. The lowest BCUT2D eigenvalue weighted by Crippen LogP contribution is -2.38. The van der Waals surface area contributed by atoms with Crippen LogP contribution in [0.15, 0.2) is 24.3 Å². The third kappa shape index (κ3) is 4.71. The van der Waals surface area contributed by atoms with Crippen LogP contribution < -0.4 is 10.5 Å². The number of rotatable bonds is 6. The van der Waals surface area contributed by atoms with Crippen molar-refractivity contribution in [3.8, 4) is 5.75 Å². The number of nitrogens with zero attached hydrogens (tertiary/aromatic N) is 1. The monoisotopic (exact) mass is 316 g/mol. The average molecular weight is 316 g/mol. The molecule has 1 saturated carbocycles. The van der Waals surface area contributed by atoms with E-state index >= 15 is 0 Å². The largest absolute Gasteiger partial charge is 0.494 e. The van der Waals surface area contributed by atoms with E-state index in [4.69, 9.17) is 10.5 Å². The molecule has 128 valence electrons. The lowest BCUT2D eigenvalue weighted by atomic mass is 9.77. The van der Waals surface area contributed by atoms with E-state index in [1.807, 2.05) is 0 Å². The maximum Gasteiger partial charge on any atom is 0.119 e. The Labute approximate surface area is 141 Å². The SMILES string of the molecule is NC1(c2ccc(OCCCN3CCCCC3)cc2)CCCCC1. The van der Waals surface area contributed by atoms with E-state index in [0.717, 1.165) is 31.6 Å². The third-order valence-electron chi connectivity index (χ3n) is 5.51. The molecule has 0 spiro atoms. The maximum absolute atomic E-state index is 6.59. The van der Waals surface area contributed by atoms with E-state index in [-0.39, 0.29) is 5.54 Å². The summed E-state index contributed by atoms with van der Waals surface area (Å²) in [4.78, 5) is 2.57. The summed E-state index contributed by atoms with van der Waals surface area (Å²) in [6.45, 7) is 4.52. The van der Waals surface area contributed by atoms with Crippen molar-refractivity contribution in [2.24, 2.45) is 5.73 Å². The maximum atomic E-state index is 6.59. The van der Waals surface area contributed by atoms with Gasteiger partial charge in [0.15, 0.2) is 0 Å². The molecule has 23 heavy (non-hydrogen) atoms. The van der Waals surface area contributed by atoms with Crippen LogP contribution in [0.25, 0.3) is 0 Å². The highest BCUT2D eigenvalue weighted by Crippen LogP contribution is 2.35. The van der Waals surface area contributed by atoms with Crippen LogP contribution in [0.2, 0.25) is 0 Å². The van der Waals surface area contributed by atoms with Gasteiger partial charge in [0.25, 0.3) is 0 Å². The molecule has 2 N–H and O–H groups in total. The predicted molar refractivity (Wildman–Crippen MR) is 95.8 cm³/mol. The molecule has 1 aromatic rings. The summed E-state index contributed by atoms with van der Waals surface area (Å²) in [5, 5.41) is 0. The molecule has 0 amide bonds. The van der Waals surface area contributed by atoms with Crippen molar-refractivity contribution in [1.82, 2.24) is 4.90 Å². The Bertz CT molecular complexity index is 459. The van der Waals surface area contributed by atoms with Crippen LogP contribution in [-0.4, -0.2) is 31.1 Å². The first-order valence-electron chi connectivity index (χ1n) is 9.51. The lowest BCUT2D eigenvalue weighted by Gasteiger charge is -2.34. The van der Waals surface area contributed by atoms with Gasteiger partial charge in [0.1, 0.15) is 5.75 Å². The topological polar surface area (TPSA) is 38.5 Å². The van der Waals surface area contributed by atoms with Gasteiger partial charge in [-0.2, -0.15) is 0 Å². The summed E-state index contributed by atoms with van der Waals surface area (Å²) in [6, 6.07) is 8.54. The fourth-order valence-electron chi connectivity index (χ4n) is 4.02. The van der Waals surface area contributed by atoms with Gasteiger partial charge in [-0.3, -0.25) is 0 Å². The first kappa shape index (κ1) is 16.8. The zero-order valence-electron chi connectivity index (χ0n) is 14.4. The fourth-order valence-corrected chi connectivity index (χ4v) is 4.02. The Morgan fingerprint density at radius 3 is 2.26 bits per heavy atom. The van der Waals surface area contributed by atoms with Gasteiger partial charge in [-0.1, -0.05) is 37.8 Å². The first-order chi connectivity index (χ1) is 11.3. The van der Waals surface area contributed by atoms with Gasteiger partial charge in [-0.15, -0.1) is 0 Å². The van der Waals surface area contributed by atoms with Gasteiger partial charge in [-0.05, 0) is 62.9 Å². The van der Waals surface area contributed by atoms with E-state index in [9.17, 15) is 0 Å². The smallest absolute Gasteiger partial charge is 0.119 e. The van der Waals surface area contributed by atoms with Crippen LogP contribution in [0.3, 0.4) is 0 Å². The second-order valence-corrected chi connectivity index (χ2v) is 7.35. The van der Waals surface area contributed by atoms with Crippen molar-refractivity contribution in [2.75, 3.05) is 26.2 Å². The molecule has 0 radical (unpaired) electrons. The normalized spacial score (nSPS) is 22.0. The number of ether oxygens (including phenoxy) is 1. The van der Waals surface area contributed by atoms with Crippen molar-refractivity contribution < 1.29 is 4.74 Å². The van der Waals surface area contributed by atoms with Crippen LogP contribution >= 0.6 is 0 Å². The van der Waals surface area contributed by atoms with Gasteiger partial charge in [-0.25, -0.2) is 0 Å². The summed E-state index contributed by atoms with van der Waals surface area (Å²) in [5.74, 6) is 0.979. The minimum absolute atomic E-state index is 0.106. The van der Waals surface area contributed by atoms with E-state index < -0.39 is 0 Å². The minimum Gasteiger partial charge on any atom is -0.494 e. The van der Waals surface area contributed by atoms with Crippen LogP contribution in [0.4, 0.5) is 0 Å². The summed E-state index contributed by atoms with van der Waals surface area (Å²) >= 11 is 0. The third-order valence-corrected chi connectivity index (χ3v) is 5.51. The Morgan fingerprint density at radius 2 is 1.57 bits per heavy atom. The second kappa shape index (κ2) is 8.16. The Hall–Kier alpha value is -1.06. The number of hydrogen-bond acceptors (Lipinski definition) is 3. The van der Waals surface area contributed by atoms with Crippen LogP contribution in [0.1, 0.15) is 63.4 Å². The van der Waals surface area contributed by atoms with E-state index in [0.29, 0.717) is 0 Å². The summed E-state index contributed by atoms with van der Waals surface area (Å²) in [6.07, 6.45) is 11.3. The lowest BCUT2D eigenvalue weighted by molar-refractivity contribution is 0.205. The highest BCUT2D eigenvalue weighted by Gasteiger charge is 2.29. The Morgan fingerprint density at radius 1 is 0.913 bits per heavy atom. The van der Waals surface area contributed by atoms with Crippen molar-refractivity contribution >= 4 is 0 Å². The standard InChI is InChI=1S/C20H32N2O/c21-20(12-3-1-4-13-20)18-8-10-19(11-9-18)23-17-7-16-22-14-5-2-6-15-22/h8-11H,1-7,12-17,21H2. The molecule has 3 nitrogen and oxygen atoms in total. The van der Waals surface area contributed by atoms with Crippen molar-refractivity contribution in [1.29, 1.82) is 0 Å². The highest BCUT2D eigenvalue weighted by molar-refractivity contribution is 5.32. The molecule has 3 rings (SSSR count). The zero-order chi connectivity index (χ0) is 16.0. The molecule has 1 heterocycles. The quantitative estimate of drug-likeness (QED) is 0.804. The molecule has 2 fully saturated rings. The number of nitrogens with two attached hydrogens (primary N) is 1. The molecule has 0 bridgehead atoms. The number of likely N-dealkylation sites (tertiary alicyclic amines) is 1. The van der Waals surface area contributed by atoms with Crippen LogP contribution in [0, 0.1) is 0 Å². The molecule has 1 aromatic carbocycles. The molecule has 2 aliphatic rings. The van der Waals surface area contributed by atoms with Gasteiger partial charge < -0.3 is 15.4 Å². The van der Waals surface area contributed by atoms with Gasteiger partial charge in [0, 0.05) is 12.1 Å². The molecule has 1 aliphatic carbocycles. The van der Waals surface area contributed by atoms with Crippen molar-refractivity contribution in [2.45, 2.75) is 63.3 Å².